The summed E-state index contributed by atoms with van der Waals surface area (Å²) in [5.41, 5.74) is 6.90. The summed E-state index contributed by atoms with van der Waals surface area (Å²) in [7, 11) is 0. The minimum Gasteiger partial charge on any atom is -0.0680 e. The first-order chi connectivity index (χ1) is 18.3. The molecule has 1 heterocycles. The Morgan fingerprint density at radius 3 is 1.76 bits per heavy atom. The summed E-state index contributed by atoms with van der Waals surface area (Å²) in [5.74, 6) is 0. The van der Waals surface area contributed by atoms with Gasteiger partial charge in [-0.2, -0.15) is 0 Å². The summed E-state index contributed by atoms with van der Waals surface area (Å²) < 4.78 is 0. The number of benzene rings is 8. The van der Waals surface area contributed by atoms with Gasteiger partial charge in [-0.3, -0.25) is 0 Å². The smallest absolute Gasteiger partial charge is 0.0680 e. The van der Waals surface area contributed by atoms with Gasteiger partial charge in [0.05, 0.1) is 0 Å². The highest BCUT2D eigenvalue weighted by Crippen LogP contribution is 2.40. The van der Waals surface area contributed by atoms with Crippen LogP contribution in [0, 0.1) is 0 Å². The Morgan fingerprint density at radius 1 is 0.324 bits per heavy atom. The van der Waals surface area contributed by atoms with Crippen LogP contribution in [-0.2, 0) is 0 Å². The molecule has 0 radical (unpaired) electrons. The molecule has 0 aliphatic carbocycles. The van der Waals surface area contributed by atoms with Gasteiger partial charge in [0.25, 0.3) is 0 Å². The zero-order valence-corrected chi connectivity index (χ0v) is 20.2. The molecule has 0 nitrogen and oxygen atoms in total. The van der Waals surface area contributed by atoms with Crippen LogP contribution in [0.3, 0.4) is 0 Å². The van der Waals surface area contributed by atoms with Gasteiger partial charge in [0.2, 0.25) is 6.71 Å². The SMILES string of the molecule is c1ccc2cc(B3c4cc5ccccc5cc4-c4ccc5ccc6cccc7cc3c4c5c67)ccc2c1. The highest BCUT2D eigenvalue weighted by Gasteiger charge is 2.33. The largest absolute Gasteiger partial charge is 0.242 e. The molecule has 0 fully saturated rings. The lowest BCUT2D eigenvalue weighted by Gasteiger charge is -2.29. The van der Waals surface area contributed by atoms with Crippen LogP contribution in [0.25, 0.3) is 65.0 Å². The van der Waals surface area contributed by atoms with Gasteiger partial charge in [0.1, 0.15) is 0 Å². The molecular formula is C36H21B. The Morgan fingerprint density at radius 2 is 0.919 bits per heavy atom. The van der Waals surface area contributed by atoms with Crippen LogP contribution in [0.4, 0.5) is 0 Å². The van der Waals surface area contributed by atoms with Crippen LogP contribution < -0.4 is 16.4 Å². The van der Waals surface area contributed by atoms with Gasteiger partial charge in [-0.25, -0.2) is 0 Å². The maximum atomic E-state index is 2.48. The van der Waals surface area contributed by atoms with Gasteiger partial charge in [0, 0.05) is 0 Å². The quantitative estimate of drug-likeness (QED) is 0.176. The van der Waals surface area contributed by atoms with Gasteiger partial charge in [-0.1, -0.05) is 138 Å². The Balaban J connectivity index is 1.50. The molecule has 0 unspecified atom stereocenters. The topological polar surface area (TPSA) is 0 Å². The highest BCUT2D eigenvalue weighted by atomic mass is 14.2. The minimum atomic E-state index is 0.172. The second-order valence-corrected chi connectivity index (χ2v) is 10.5. The van der Waals surface area contributed by atoms with Gasteiger partial charge in [-0.05, 0) is 71.1 Å². The molecule has 8 aromatic rings. The Kier molecular flexibility index (Phi) is 3.69. The van der Waals surface area contributed by atoms with Crippen molar-refractivity contribution in [1.29, 1.82) is 0 Å². The van der Waals surface area contributed by atoms with E-state index in [0.717, 1.165) is 0 Å². The molecule has 0 amide bonds. The Hall–Kier alpha value is -4.62. The van der Waals surface area contributed by atoms with Crippen molar-refractivity contribution in [3.8, 4) is 11.1 Å². The maximum absolute atomic E-state index is 2.48. The summed E-state index contributed by atoms with van der Waals surface area (Å²) >= 11 is 0. The van der Waals surface area contributed by atoms with E-state index in [0.29, 0.717) is 0 Å². The monoisotopic (exact) mass is 464 g/mol. The summed E-state index contributed by atoms with van der Waals surface area (Å²) in [6.07, 6.45) is 0. The highest BCUT2D eigenvalue weighted by molar-refractivity contribution is 6.99. The van der Waals surface area contributed by atoms with Crippen LogP contribution >= 0.6 is 0 Å². The lowest BCUT2D eigenvalue weighted by atomic mass is 9.33. The molecule has 1 aliphatic rings. The summed E-state index contributed by atoms with van der Waals surface area (Å²) in [6, 6.07) is 47.9. The lowest BCUT2D eigenvalue weighted by Crippen LogP contribution is -2.54. The van der Waals surface area contributed by atoms with E-state index in [1.54, 1.807) is 0 Å². The molecule has 0 aromatic heterocycles. The molecule has 0 atom stereocenters. The lowest BCUT2D eigenvalue weighted by molar-refractivity contribution is 1.70. The van der Waals surface area contributed by atoms with Crippen LogP contribution in [0.15, 0.2) is 127 Å². The number of fused-ring (bicyclic) bond motifs is 4. The van der Waals surface area contributed by atoms with Gasteiger partial charge >= 0.3 is 0 Å². The zero-order chi connectivity index (χ0) is 24.1. The van der Waals surface area contributed by atoms with Crippen LogP contribution in [0.2, 0.25) is 0 Å². The van der Waals surface area contributed by atoms with Crippen molar-refractivity contribution in [3.05, 3.63) is 127 Å². The van der Waals surface area contributed by atoms with Crippen molar-refractivity contribution in [2.75, 3.05) is 0 Å². The molecule has 0 saturated heterocycles. The first-order valence-electron chi connectivity index (χ1n) is 13.1. The van der Waals surface area contributed by atoms with Crippen LogP contribution in [0.1, 0.15) is 0 Å². The van der Waals surface area contributed by atoms with Crippen molar-refractivity contribution < 1.29 is 0 Å². The Bertz CT molecular complexity index is 2200. The fourth-order valence-corrected chi connectivity index (χ4v) is 6.98. The van der Waals surface area contributed by atoms with Crippen molar-refractivity contribution in [1.82, 2.24) is 0 Å². The van der Waals surface area contributed by atoms with Crippen molar-refractivity contribution in [2.45, 2.75) is 0 Å². The molecule has 168 valence electrons. The van der Waals surface area contributed by atoms with Crippen molar-refractivity contribution in [3.63, 3.8) is 0 Å². The van der Waals surface area contributed by atoms with E-state index >= 15 is 0 Å². The van der Waals surface area contributed by atoms with E-state index in [9.17, 15) is 0 Å². The number of hydrogen-bond donors (Lipinski definition) is 0. The molecule has 8 aromatic carbocycles. The molecule has 0 bridgehead atoms. The molecular weight excluding hydrogens is 443 g/mol. The minimum absolute atomic E-state index is 0.172. The average molecular weight is 464 g/mol. The molecule has 0 saturated carbocycles. The van der Waals surface area contributed by atoms with Gasteiger partial charge in [-0.15, -0.1) is 0 Å². The van der Waals surface area contributed by atoms with Gasteiger partial charge < -0.3 is 0 Å². The van der Waals surface area contributed by atoms with E-state index < -0.39 is 0 Å². The second-order valence-electron chi connectivity index (χ2n) is 10.5. The predicted octanol–water partition coefficient (Wildman–Crippen LogP) is 7.39. The molecule has 1 heteroatoms. The summed E-state index contributed by atoms with van der Waals surface area (Å²) in [4.78, 5) is 0. The number of hydrogen-bond acceptors (Lipinski definition) is 0. The molecule has 0 spiro atoms. The first kappa shape index (κ1) is 19.6. The maximum Gasteiger partial charge on any atom is 0.242 e. The van der Waals surface area contributed by atoms with Crippen LogP contribution in [0.5, 0.6) is 0 Å². The van der Waals surface area contributed by atoms with Gasteiger partial charge in [0.15, 0.2) is 0 Å². The summed E-state index contributed by atoms with van der Waals surface area (Å²) in [5, 5.41) is 13.4. The van der Waals surface area contributed by atoms with E-state index in [1.807, 2.05) is 0 Å². The first-order valence-corrected chi connectivity index (χ1v) is 13.1. The third-order valence-electron chi connectivity index (χ3n) is 8.60. The van der Waals surface area contributed by atoms with E-state index in [-0.39, 0.29) is 6.71 Å². The van der Waals surface area contributed by atoms with Crippen molar-refractivity contribution >= 4 is 77.0 Å². The standard InChI is InChI=1S/C36H21B/c1-2-7-25-18-29(16-14-22(25)6-1)37-32-20-27-9-4-3-8-26(27)19-31(32)30-17-15-24-13-12-23-10-5-11-28-21-33(37)36(30)35(24)34(23)28/h1-21H. The van der Waals surface area contributed by atoms with Crippen molar-refractivity contribution in [2.24, 2.45) is 0 Å². The normalized spacial score (nSPS) is 12.8. The number of rotatable bonds is 1. The zero-order valence-electron chi connectivity index (χ0n) is 20.2. The van der Waals surface area contributed by atoms with E-state index in [4.69, 9.17) is 0 Å². The van der Waals surface area contributed by atoms with E-state index in [1.165, 1.54) is 81.4 Å². The second kappa shape index (κ2) is 6.99. The molecule has 37 heavy (non-hydrogen) atoms. The third-order valence-corrected chi connectivity index (χ3v) is 8.60. The predicted molar refractivity (Wildman–Crippen MR) is 162 cm³/mol. The fraction of sp³-hybridized carbons (Fsp3) is 0. The molecule has 9 rings (SSSR count). The average Bonchev–Trinajstić information content (AvgIpc) is 2.95. The third kappa shape index (κ3) is 2.59. The Labute approximate surface area is 215 Å². The van der Waals surface area contributed by atoms with E-state index in [2.05, 4.69) is 127 Å². The summed E-state index contributed by atoms with van der Waals surface area (Å²) in [6.45, 7) is 0.172. The van der Waals surface area contributed by atoms with Crippen LogP contribution in [-0.4, -0.2) is 6.71 Å². The fourth-order valence-electron chi connectivity index (χ4n) is 6.98. The molecule has 0 N–H and O–H groups in total. The molecule has 1 aliphatic heterocycles.